The Hall–Kier alpha value is -1.51. The molecule has 3 nitrogen and oxygen atoms in total. The highest BCUT2D eigenvalue weighted by Crippen LogP contribution is 2.17. The van der Waals surface area contributed by atoms with Crippen molar-refractivity contribution < 1.29 is 9.53 Å². The van der Waals surface area contributed by atoms with E-state index in [1.807, 2.05) is 31.2 Å². The van der Waals surface area contributed by atoms with Crippen molar-refractivity contribution in [3.05, 3.63) is 29.8 Å². The van der Waals surface area contributed by atoms with Crippen molar-refractivity contribution in [3.63, 3.8) is 0 Å². The van der Waals surface area contributed by atoms with E-state index in [4.69, 9.17) is 4.74 Å². The molecule has 1 aromatic carbocycles. The summed E-state index contributed by atoms with van der Waals surface area (Å²) in [4.78, 5) is 12.2. The van der Waals surface area contributed by atoms with Crippen LogP contribution in [-0.2, 0) is 0 Å². The molecule has 1 rings (SSSR count). The van der Waals surface area contributed by atoms with Gasteiger partial charge in [0.2, 0.25) is 0 Å². The van der Waals surface area contributed by atoms with Crippen molar-refractivity contribution in [2.75, 3.05) is 13.2 Å². The Morgan fingerprint density at radius 3 is 2.27 bits per heavy atom. The van der Waals surface area contributed by atoms with Crippen molar-refractivity contribution in [1.29, 1.82) is 0 Å². The van der Waals surface area contributed by atoms with Crippen LogP contribution in [0.25, 0.3) is 0 Å². The summed E-state index contributed by atoms with van der Waals surface area (Å²) in [5, 5.41) is 2.99. The minimum Gasteiger partial charge on any atom is -0.493 e. The third kappa shape index (κ3) is 7.48. The van der Waals surface area contributed by atoms with Gasteiger partial charge in [0, 0.05) is 6.54 Å². The van der Waals surface area contributed by atoms with Gasteiger partial charge in [-0.05, 0) is 25.5 Å². The topological polar surface area (TPSA) is 38.3 Å². The highest BCUT2D eigenvalue weighted by molar-refractivity contribution is 5.96. The van der Waals surface area contributed by atoms with Crippen LogP contribution < -0.4 is 10.1 Å². The minimum atomic E-state index is -0.0352. The lowest BCUT2D eigenvalue weighted by atomic mass is 10.1. The molecule has 0 aromatic heterocycles. The number of benzene rings is 1. The summed E-state index contributed by atoms with van der Waals surface area (Å²) in [6.07, 6.45) is 10.2. The Kier molecular flexibility index (Phi) is 10.2. The fourth-order valence-electron chi connectivity index (χ4n) is 2.49. The maximum absolute atomic E-state index is 12.2. The molecule has 0 heterocycles. The van der Waals surface area contributed by atoms with Crippen LogP contribution in [-0.4, -0.2) is 19.1 Å². The molecule has 0 atom stereocenters. The molecule has 1 aromatic rings. The van der Waals surface area contributed by atoms with Gasteiger partial charge in [0.05, 0.1) is 12.2 Å². The Balaban J connectivity index is 2.16. The summed E-state index contributed by atoms with van der Waals surface area (Å²) in [6.45, 7) is 5.48. The van der Waals surface area contributed by atoms with E-state index >= 15 is 0 Å². The second-order valence-electron chi connectivity index (χ2n) is 5.66. The van der Waals surface area contributed by atoms with E-state index in [0.29, 0.717) is 17.9 Å². The number of carbonyl (C=O) groups excluding carboxylic acids is 1. The van der Waals surface area contributed by atoms with Crippen LogP contribution in [0.5, 0.6) is 5.75 Å². The van der Waals surface area contributed by atoms with Gasteiger partial charge in [-0.15, -0.1) is 0 Å². The predicted molar refractivity (Wildman–Crippen MR) is 92.6 cm³/mol. The van der Waals surface area contributed by atoms with E-state index in [9.17, 15) is 4.79 Å². The summed E-state index contributed by atoms with van der Waals surface area (Å²) in [5.41, 5.74) is 0.629. The van der Waals surface area contributed by atoms with Gasteiger partial charge in [0.15, 0.2) is 0 Å². The van der Waals surface area contributed by atoms with Crippen LogP contribution in [0.15, 0.2) is 24.3 Å². The average Bonchev–Trinajstić information content (AvgIpc) is 2.54. The van der Waals surface area contributed by atoms with Gasteiger partial charge in [0.1, 0.15) is 5.75 Å². The van der Waals surface area contributed by atoms with Crippen molar-refractivity contribution in [3.8, 4) is 5.75 Å². The molecular weight excluding hydrogens is 274 g/mol. The molecule has 0 radical (unpaired) electrons. The fourth-order valence-corrected chi connectivity index (χ4v) is 2.49. The van der Waals surface area contributed by atoms with Gasteiger partial charge in [0.25, 0.3) is 5.91 Å². The zero-order chi connectivity index (χ0) is 16.0. The van der Waals surface area contributed by atoms with Gasteiger partial charge in [-0.3, -0.25) is 4.79 Å². The van der Waals surface area contributed by atoms with Crippen LogP contribution in [0.1, 0.15) is 75.6 Å². The van der Waals surface area contributed by atoms with Crippen molar-refractivity contribution >= 4 is 5.91 Å². The van der Waals surface area contributed by atoms with Crippen LogP contribution in [0.4, 0.5) is 0 Å². The van der Waals surface area contributed by atoms with E-state index in [1.165, 1.54) is 44.9 Å². The number of ether oxygens (including phenoxy) is 1. The SMILES string of the molecule is CCCCCCCCCCNC(=O)c1ccccc1OCC. The van der Waals surface area contributed by atoms with E-state index in [-0.39, 0.29) is 5.91 Å². The summed E-state index contributed by atoms with van der Waals surface area (Å²) in [6, 6.07) is 7.41. The first kappa shape index (κ1) is 18.5. The van der Waals surface area contributed by atoms with Crippen LogP contribution in [0, 0.1) is 0 Å². The number of rotatable bonds is 12. The molecule has 1 amide bonds. The maximum atomic E-state index is 12.2. The standard InChI is InChI=1S/C19H31NO2/c1-3-5-6-7-8-9-10-13-16-20-19(21)17-14-11-12-15-18(17)22-4-2/h11-12,14-15H,3-10,13,16H2,1-2H3,(H,20,21). The average molecular weight is 305 g/mol. The number of unbranched alkanes of at least 4 members (excludes halogenated alkanes) is 7. The zero-order valence-electron chi connectivity index (χ0n) is 14.2. The number of hydrogen-bond donors (Lipinski definition) is 1. The number of nitrogens with one attached hydrogen (secondary N) is 1. The first-order valence-electron chi connectivity index (χ1n) is 8.79. The lowest BCUT2D eigenvalue weighted by molar-refractivity contribution is 0.0949. The molecule has 124 valence electrons. The largest absolute Gasteiger partial charge is 0.493 e. The van der Waals surface area contributed by atoms with E-state index in [0.717, 1.165) is 13.0 Å². The molecule has 0 aliphatic rings. The molecule has 22 heavy (non-hydrogen) atoms. The van der Waals surface area contributed by atoms with Crippen LogP contribution in [0.3, 0.4) is 0 Å². The second kappa shape index (κ2) is 12.1. The summed E-state index contributed by atoms with van der Waals surface area (Å²) >= 11 is 0. The van der Waals surface area contributed by atoms with Crippen molar-refractivity contribution in [2.24, 2.45) is 0 Å². The Bertz CT molecular complexity index is 418. The van der Waals surface area contributed by atoms with Crippen molar-refractivity contribution in [2.45, 2.75) is 65.2 Å². The molecule has 1 N–H and O–H groups in total. The van der Waals surface area contributed by atoms with Gasteiger partial charge in [-0.1, -0.05) is 64.0 Å². The number of amides is 1. The van der Waals surface area contributed by atoms with Gasteiger partial charge < -0.3 is 10.1 Å². The maximum Gasteiger partial charge on any atom is 0.255 e. The molecule has 0 saturated carbocycles. The number of hydrogen-bond acceptors (Lipinski definition) is 2. The molecule has 0 unspecified atom stereocenters. The third-order valence-corrected chi connectivity index (χ3v) is 3.75. The Labute approximate surface area is 135 Å². The highest BCUT2D eigenvalue weighted by atomic mass is 16.5. The van der Waals surface area contributed by atoms with E-state index < -0.39 is 0 Å². The molecule has 0 aliphatic carbocycles. The van der Waals surface area contributed by atoms with Crippen LogP contribution in [0.2, 0.25) is 0 Å². The molecule has 0 fully saturated rings. The zero-order valence-corrected chi connectivity index (χ0v) is 14.2. The molecule has 0 aliphatic heterocycles. The number of carbonyl (C=O) groups is 1. The number of para-hydroxylation sites is 1. The fraction of sp³-hybridized carbons (Fsp3) is 0.632. The smallest absolute Gasteiger partial charge is 0.255 e. The Morgan fingerprint density at radius 1 is 0.955 bits per heavy atom. The summed E-state index contributed by atoms with van der Waals surface area (Å²) in [5.74, 6) is 0.630. The molecule has 3 heteroatoms. The second-order valence-corrected chi connectivity index (χ2v) is 5.66. The lowest BCUT2D eigenvalue weighted by Crippen LogP contribution is -2.25. The van der Waals surface area contributed by atoms with E-state index in [2.05, 4.69) is 12.2 Å². The van der Waals surface area contributed by atoms with Gasteiger partial charge in [-0.25, -0.2) is 0 Å². The highest BCUT2D eigenvalue weighted by Gasteiger charge is 2.10. The molecule has 0 bridgehead atoms. The normalized spacial score (nSPS) is 10.5. The quantitative estimate of drug-likeness (QED) is 0.554. The summed E-state index contributed by atoms with van der Waals surface area (Å²) < 4.78 is 5.49. The van der Waals surface area contributed by atoms with Crippen LogP contribution >= 0.6 is 0 Å². The first-order chi connectivity index (χ1) is 10.8. The van der Waals surface area contributed by atoms with Crippen molar-refractivity contribution in [1.82, 2.24) is 5.32 Å². The lowest BCUT2D eigenvalue weighted by Gasteiger charge is -2.10. The van der Waals surface area contributed by atoms with Gasteiger partial charge in [-0.2, -0.15) is 0 Å². The molecule has 0 spiro atoms. The first-order valence-corrected chi connectivity index (χ1v) is 8.79. The third-order valence-electron chi connectivity index (χ3n) is 3.75. The van der Waals surface area contributed by atoms with E-state index in [1.54, 1.807) is 0 Å². The minimum absolute atomic E-state index is 0.0352. The summed E-state index contributed by atoms with van der Waals surface area (Å²) in [7, 11) is 0. The molecular formula is C19H31NO2. The Morgan fingerprint density at radius 2 is 1.59 bits per heavy atom. The molecule has 0 saturated heterocycles. The van der Waals surface area contributed by atoms with Gasteiger partial charge >= 0.3 is 0 Å². The predicted octanol–water partition coefficient (Wildman–Crippen LogP) is 4.96. The monoisotopic (exact) mass is 305 g/mol.